The van der Waals surface area contributed by atoms with Crippen LogP contribution in [0.15, 0.2) is 34.9 Å². The van der Waals surface area contributed by atoms with Crippen LogP contribution in [-0.4, -0.2) is 78.0 Å². The van der Waals surface area contributed by atoms with Crippen molar-refractivity contribution < 1.29 is 31.6 Å². The Morgan fingerprint density at radius 2 is 1.85 bits per heavy atom. The number of carbonyl (C=O) groups is 1. The monoisotopic (exact) mass is 480 g/mol. The molecule has 4 rings (SSSR count). The number of ether oxygens (including phenoxy) is 1. The first-order chi connectivity index (χ1) is 16.2. The predicted molar refractivity (Wildman–Crippen MR) is 116 cm³/mol. The molecular weight excluding hydrogens is 456 g/mol. The largest absolute Gasteiger partial charge is 0.411 e. The number of aryl methyl sites for hydroxylation is 1. The van der Waals surface area contributed by atoms with Crippen LogP contribution in [0, 0.1) is 12.7 Å². The summed E-state index contributed by atoms with van der Waals surface area (Å²) in [6.45, 7) is 3.29. The van der Waals surface area contributed by atoms with E-state index in [2.05, 4.69) is 19.8 Å². The molecule has 0 spiro atoms. The van der Waals surface area contributed by atoms with Crippen molar-refractivity contribution >= 4 is 17.0 Å². The third-order valence-electron chi connectivity index (χ3n) is 5.68. The number of amides is 1. The van der Waals surface area contributed by atoms with Crippen LogP contribution in [-0.2, 0) is 4.74 Å². The maximum Gasteiger partial charge on any atom is 0.411 e. The van der Waals surface area contributed by atoms with Gasteiger partial charge in [-0.1, -0.05) is 5.16 Å². The van der Waals surface area contributed by atoms with E-state index in [-0.39, 0.29) is 24.0 Å². The van der Waals surface area contributed by atoms with Gasteiger partial charge >= 0.3 is 6.18 Å². The van der Waals surface area contributed by atoms with E-state index in [0.717, 1.165) is 0 Å². The minimum absolute atomic E-state index is 0.0343. The number of hydrogen-bond acceptors (Lipinski definition) is 6. The molecule has 0 bridgehead atoms. The van der Waals surface area contributed by atoms with Crippen molar-refractivity contribution in [2.75, 3.05) is 45.9 Å². The molecule has 0 saturated carbocycles. The Kier molecular flexibility index (Phi) is 7.13. The van der Waals surface area contributed by atoms with Crippen LogP contribution < -0.4 is 0 Å². The number of rotatable bonds is 7. The van der Waals surface area contributed by atoms with Gasteiger partial charge in [-0.2, -0.15) is 13.2 Å². The van der Waals surface area contributed by atoms with Crippen molar-refractivity contribution in [3.8, 4) is 11.3 Å². The van der Waals surface area contributed by atoms with Gasteiger partial charge in [-0.25, -0.2) is 9.37 Å². The quantitative estimate of drug-likeness (QED) is 0.375. The van der Waals surface area contributed by atoms with Gasteiger partial charge in [0.05, 0.1) is 22.3 Å². The summed E-state index contributed by atoms with van der Waals surface area (Å²) in [5.74, 6) is -0.559. The predicted octanol–water partition coefficient (Wildman–Crippen LogP) is 4.06. The summed E-state index contributed by atoms with van der Waals surface area (Å²) in [7, 11) is 0. The number of aromatic nitrogens is 2. The molecule has 0 atom stereocenters. The molecule has 1 amide bonds. The number of carbonyl (C=O) groups excluding carboxylic acids is 1. The molecule has 3 heterocycles. The Morgan fingerprint density at radius 3 is 2.53 bits per heavy atom. The van der Waals surface area contributed by atoms with Gasteiger partial charge in [-0.05, 0) is 43.7 Å². The summed E-state index contributed by atoms with van der Waals surface area (Å²) >= 11 is 0. The van der Waals surface area contributed by atoms with Gasteiger partial charge in [0, 0.05) is 44.9 Å². The minimum Gasteiger partial charge on any atom is -0.372 e. The molecule has 1 aliphatic rings. The summed E-state index contributed by atoms with van der Waals surface area (Å²) in [5.41, 5.74) is 2.32. The lowest BCUT2D eigenvalue weighted by molar-refractivity contribution is -0.174. The summed E-state index contributed by atoms with van der Waals surface area (Å²) in [6, 6.07) is 7.48. The molecule has 182 valence electrons. The smallest absolute Gasteiger partial charge is 0.372 e. The van der Waals surface area contributed by atoms with Crippen molar-refractivity contribution in [2.24, 2.45) is 0 Å². The van der Waals surface area contributed by atoms with Gasteiger partial charge in [0.15, 0.2) is 0 Å². The maximum atomic E-state index is 13.4. The summed E-state index contributed by atoms with van der Waals surface area (Å²) in [5, 5.41) is 4.49. The Morgan fingerprint density at radius 1 is 1.15 bits per heavy atom. The van der Waals surface area contributed by atoms with Crippen LogP contribution in [0.4, 0.5) is 17.6 Å². The summed E-state index contributed by atoms with van der Waals surface area (Å²) in [4.78, 5) is 21.7. The molecule has 2 aromatic heterocycles. The highest BCUT2D eigenvalue weighted by molar-refractivity contribution is 6.07. The highest BCUT2D eigenvalue weighted by Crippen LogP contribution is 2.28. The van der Waals surface area contributed by atoms with E-state index in [4.69, 9.17) is 4.52 Å². The molecule has 11 heteroatoms. The maximum absolute atomic E-state index is 13.4. The number of piperazine rings is 1. The van der Waals surface area contributed by atoms with Crippen LogP contribution in [0.3, 0.4) is 0 Å². The first-order valence-electron chi connectivity index (χ1n) is 10.9. The van der Waals surface area contributed by atoms with E-state index in [1.165, 1.54) is 12.1 Å². The van der Waals surface area contributed by atoms with Crippen LogP contribution in [0.5, 0.6) is 0 Å². The van der Waals surface area contributed by atoms with Crippen molar-refractivity contribution in [3.05, 3.63) is 47.4 Å². The van der Waals surface area contributed by atoms with Gasteiger partial charge in [0.2, 0.25) is 0 Å². The fourth-order valence-corrected chi connectivity index (χ4v) is 3.95. The molecule has 3 aromatic rings. The SMILES string of the molecule is Cc1noc2nc(-c3ccc(F)cc3)cc(C(=O)N3CCN(CCCOCC(F)(F)F)CC3)c12. The topological polar surface area (TPSA) is 71.7 Å². The second kappa shape index (κ2) is 10.1. The highest BCUT2D eigenvalue weighted by atomic mass is 19.4. The average molecular weight is 480 g/mol. The second-order valence-corrected chi connectivity index (χ2v) is 8.17. The average Bonchev–Trinajstić information content (AvgIpc) is 3.19. The molecule has 1 fully saturated rings. The lowest BCUT2D eigenvalue weighted by atomic mass is 10.0. The van der Waals surface area contributed by atoms with Crippen LogP contribution >= 0.6 is 0 Å². The van der Waals surface area contributed by atoms with Crippen molar-refractivity contribution in [3.63, 3.8) is 0 Å². The lowest BCUT2D eigenvalue weighted by Gasteiger charge is -2.34. The molecular formula is C23H24F4N4O3. The fraction of sp³-hybridized carbons (Fsp3) is 0.435. The Labute approximate surface area is 193 Å². The van der Waals surface area contributed by atoms with Crippen LogP contribution in [0.1, 0.15) is 22.5 Å². The van der Waals surface area contributed by atoms with Crippen molar-refractivity contribution in [1.82, 2.24) is 19.9 Å². The molecule has 0 unspecified atom stereocenters. The zero-order valence-electron chi connectivity index (χ0n) is 18.6. The number of fused-ring (bicyclic) bond motifs is 1. The third kappa shape index (κ3) is 5.71. The van der Waals surface area contributed by atoms with Gasteiger partial charge in [0.1, 0.15) is 12.4 Å². The number of hydrogen-bond donors (Lipinski definition) is 0. The van der Waals surface area contributed by atoms with E-state index in [9.17, 15) is 22.4 Å². The van der Waals surface area contributed by atoms with E-state index < -0.39 is 12.8 Å². The summed E-state index contributed by atoms with van der Waals surface area (Å²) in [6.07, 6.45) is -3.83. The normalized spacial score (nSPS) is 15.3. The molecule has 7 nitrogen and oxygen atoms in total. The van der Waals surface area contributed by atoms with E-state index in [0.29, 0.717) is 67.0 Å². The second-order valence-electron chi connectivity index (χ2n) is 8.17. The van der Waals surface area contributed by atoms with Crippen molar-refractivity contribution in [2.45, 2.75) is 19.5 Å². The molecule has 0 radical (unpaired) electrons. The Bertz CT molecular complexity index is 1140. The number of pyridine rings is 1. The van der Waals surface area contributed by atoms with Gasteiger partial charge in [-0.3, -0.25) is 9.69 Å². The van der Waals surface area contributed by atoms with E-state index >= 15 is 0 Å². The molecule has 34 heavy (non-hydrogen) atoms. The number of halogens is 4. The minimum atomic E-state index is -4.32. The lowest BCUT2D eigenvalue weighted by Crippen LogP contribution is -2.49. The molecule has 0 aliphatic carbocycles. The van der Waals surface area contributed by atoms with E-state index in [1.54, 1.807) is 30.0 Å². The van der Waals surface area contributed by atoms with E-state index in [1.807, 2.05) is 0 Å². The molecule has 1 aliphatic heterocycles. The fourth-order valence-electron chi connectivity index (χ4n) is 3.95. The zero-order chi connectivity index (χ0) is 24.3. The van der Waals surface area contributed by atoms with Gasteiger partial charge in [0.25, 0.3) is 11.6 Å². The summed E-state index contributed by atoms with van der Waals surface area (Å²) < 4.78 is 59.7. The third-order valence-corrected chi connectivity index (χ3v) is 5.68. The Hall–Kier alpha value is -3.05. The number of nitrogens with zero attached hydrogens (tertiary/aromatic N) is 4. The standard InChI is InChI=1S/C23H24F4N4O3/c1-15-20-18(13-19(28-21(20)34-29-15)16-3-5-17(24)6-4-16)22(32)31-10-8-30(9-11-31)7-2-12-33-14-23(25,26)27/h3-6,13H,2,7-12,14H2,1H3. The van der Waals surface area contributed by atoms with Crippen molar-refractivity contribution in [1.29, 1.82) is 0 Å². The van der Waals surface area contributed by atoms with Crippen LogP contribution in [0.25, 0.3) is 22.4 Å². The number of alkyl halides is 3. The van der Waals surface area contributed by atoms with Crippen LogP contribution in [0.2, 0.25) is 0 Å². The highest BCUT2D eigenvalue weighted by Gasteiger charge is 2.28. The molecule has 1 aromatic carbocycles. The first-order valence-corrected chi connectivity index (χ1v) is 10.9. The molecule has 1 saturated heterocycles. The number of benzene rings is 1. The molecule has 0 N–H and O–H groups in total. The van der Waals surface area contributed by atoms with Gasteiger partial charge in [-0.15, -0.1) is 0 Å². The first kappa shape index (κ1) is 24.1. The Balaban J connectivity index is 1.42. The van der Waals surface area contributed by atoms with Gasteiger partial charge < -0.3 is 14.2 Å². The zero-order valence-corrected chi connectivity index (χ0v) is 18.6.